The molecule has 0 amide bonds. The van der Waals surface area contributed by atoms with Crippen LogP contribution in [-0.2, 0) is 6.54 Å². The molecule has 1 heterocycles. The number of rotatable bonds is 8. The maximum atomic E-state index is 4.39. The summed E-state index contributed by atoms with van der Waals surface area (Å²) in [6, 6.07) is 0.472. The zero-order chi connectivity index (χ0) is 13.4. The van der Waals surface area contributed by atoms with Gasteiger partial charge in [0, 0.05) is 19.1 Å². The van der Waals surface area contributed by atoms with Crippen molar-refractivity contribution in [3.63, 3.8) is 0 Å². The van der Waals surface area contributed by atoms with E-state index in [-0.39, 0.29) is 0 Å². The maximum absolute atomic E-state index is 4.39. The topological polar surface area (TPSA) is 49.8 Å². The second-order valence-electron chi connectivity index (χ2n) is 4.99. The molecule has 1 aromatic rings. The highest BCUT2D eigenvalue weighted by molar-refractivity contribution is 5.30. The SMILES string of the molecule is CCC(CC)CNc1cnc(CNC(C)C)cn1. The molecular formula is C14H26N4. The van der Waals surface area contributed by atoms with Crippen LogP contribution in [0.4, 0.5) is 5.82 Å². The summed E-state index contributed by atoms with van der Waals surface area (Å²) >= 11 is 0. The van der Waals surface area contributed by atoms with E-state index in [1.165, 1.54) is 12.8 Å². The van der Waals surface area contributed by atoms with Gasteiger partial charge in [-0.1, -0.05) is 40.5 Å². The minimum absolute atomic E-state index is 0.472. The van der Waals surface area contributed by atoms with Crippen molar-refractivity contribution in [3.8, 4) is 0 Å². The van der Waals surface area contributed by atoms with Gasteiger partial charge in [0.1, 0.15) is 5.82 Å². The molecule has 0 aliphatic rings. The number of anilines is 1. The van der Waals surface area contributed by atoms with Gasteiger partial charge in [-0.3, -0.25) is 4.98 Å². The number of hydrogen-bond donors (Lipinski definition) is 2. The van der Waals surface area contributed by atoms with E-state index in [1.807, 2.05) is 12.4 Å². The highest BCUT2D eigenvalue weighted by Gasteiger charge is 2.04. The first-order valence-electron chi connectivity index (χ1n) is 6.93. The Bertz CT molecular complexity index is 317. The molecule has 0 spiro atoms. The van der Waals surface area contributed by atoms with Crippen molar-refractivity contribution < 1.29 is 0 Å². The molecule has 0 aromatic carbocycles. The summed E-state index contributed by atoms with van der Waals surface area (Å²) in [5.41, 5.74) is 0.983. The second kappa shape index (κ2) is 8.03. The highest BCUT2D eigenvalue weighted by atomic mass is 15.0. The van der Waals surface area contributed by atoms with E-state index in [9.17, 15) is 0 Å². The molecule has 1 rings (SSSR count). The van der Waals surface area contributed by atoms with Gasteiger partial charge in [-0.05, 0) is 5.92 Å². The predicted octanol–water partition coefficient (Wildman–Crippen LogP) is 2.82. The first-order valence-corrected chi connectivity index (χ1v) is 6.93. The lowest BCUT2D eigenvalue weighted by atomic mass is 10.0. The summed E-state index contributed by atoms with van der Waals surface area (Å²) in [7, 11) is 0. The maximum Gasteiger partial charge on any atom is 0.144 e. The van der Waals surface area contributed by atoms with E-state index in [4.69, 9.17) is 0 Å². The molecule has 0 saturated heterocycles. The van der Waals surface area contributed by atoms with Gasteiger partial charge in [-0.15, -0.1) is 0 Å². The Morgan fingerprint density at radius 2 is 1.83 bits per heavy atom. The van der Waals surface area contributed by atoms with E-state index in [0.29, 0.717) is 12.0 Å². The number of nitrogens with zero attached hydrogens (tertiary/aromatic N) is 2. The molecule has 0 atom stereocenters. The molecule has 0 aliphatic carbocycles. The van der Waals surface area contributed by atoms with Gasteiger partial charge in [-0.2, -0.15) is 0 Å². The van der Waals surface area contributed by atoms with Crippen molar-refractivity contribution in [1.29, 1.82) is 0 Å². The molecule has 0 aliphatic heterocycles. The molecule has 18 heavy (non-hydrogen) atoms. The summed E-state index contributed by atoms with van der Waals surface area (Å²) in [6.07, 6.45) is 6.06. The van der Waals surface area contributed by atoms with Gasteiger partial charge >= 0.3 is 0 Å². The quantitative estimate of drug-likeness (QED) is 0.745. The summed E-state index contributed by atoms with van der Waals surface area (Å²) in [6.45, 7) is 10.4. The minimum Gasteiger partial charge on any atom is -0.369 e. The van der Waals surface area contributed by atoms with E-state index in [2.05, 4.69) is 48.3 Å². The van der Waals surface area contributed by atoms with Crippen LogP contribution < -0.4 is 10.6 Å². The van der Waals surface area contributed by atoms with Crippen LogP contribution in [0.2, 0.25) is 0 Å². The standard InChI is InChI=1S/C14H26N4/c1-5-12(6-2)7-17-14-10-16-13(9-18-14)8-15-11(3)4/h9-12,15H,5-8H2,1-4H3,(H,17,18). The number of hydrogen-bond acceptors (Lipinski definition) is 4. The summed E-state index contributed by atoms with van der Waals surface area (Å²) in [4.78, 5) is 8.78. The van der Waals surface area contributed by atoms with Crippen LogP contribution in [-0.4, -0.2) is 22.6 Å². The summed E-state index contributed by atoms with van der Waals surface area (Å²) < 4.78 is 0. The van der Waals surface area contributed by atoms with E-state index < -0.39 is 0 Å². The first kappa shape index (κ1) is 14.9. The molecule has 0 radical (unpaired) electrons. The second-order valence-corrected chi connectivity index (χ2v) is 4.99. The van der Waals surface area contributed by atoms with Crippen LogP contribution in [0.3, 0.4) is 0 Å². The van der Waals surface area contributed by atoms with Crippen LogP contribution in [0.15, 0.2) is 12.4 Å². The lowest BCUT2D eigenvalue weighted by molar-refractivity contribution is 0.518. The van der Waals surface area contributed by atoms with Gasteiger partial charge in [0.15, 0.2) is 0 Å². The zero-order valence-electron chi connectivity index (χ0n) is 12.0. The molecule has 4 nitrogen and oxygen atoms in total. The van der Waals surface area contributed by atoms with Crippen LogP contribution in [0.1, 0.15) is 46.2 Å². The molecule has 0 saturated carbocycles. The van der Waals surface area contributed by atoms with E-state index in [1.54, 1.807) is 0 Å². The van der Waals surface area contributed by atoms with Gasteiger partial charge in [-0.25, -0.2) is 4.98 Å². The fraction of sp³-hybridized carbons (Fsp3) is 0.714. The van der Waals surface area contributed by atoms with Crippen LogP contribution in [0.5, 0.6) is 0 Å². The molecule has 102 valence electrons. The highest BCUT2D eigenvalue weighted by Crippen LogP contribution is 2.09. The summed E-state index contributed by atoms with van der Waals surface area (Å²) in [5, 5.41) is 6.67. The Labute approximate surface area is 111 Å². The van der Waals surface area contributed by atoms with E-state index >= 15 is 0 Å². The Morgan fingerprint density at radius 3 is 2.33 bits per heavy atom. The largest absolute Gasteiger partial charge is 0.369 e. The predicted molar refractivity (Wildman–Crippen MR) is 76.6 cm³/mol. The minimum atomic E-state index is 0.472. The number of aromatic nitrogens is 2. The average molecular weight is 250 g/mol. The third-order valence-corrected chi connectivity index (χ3v) is 3.12. The third kappa shape index (κ3) is 5.45. The lowest BCUT2D eigenvalue weighted by Gasteiger charge is -2.13. The smallest absolute Gasteiger partial charge is 0.144 e. The van der Waals surface area contributed by atoms with Crippen LogP contribution >= 0.6 is 0 Å². The lowest BCUT2D eigenvalue weighted by Crippen LogP contribution is -2.22. The van der Waals surface area contributed by atoms with Crippen molar-refractivity contribution >= 4 is 5.82 Å². The Morgan fingerprint density at radius 1 is 1.11 bits per heavy atom. The Balaban J connectivity index is 2.40. The molecule has 1 aromatic heterocycles. The Hall–Kier alpha value is -1.16. The van der Waals surface area contributed by atoms with Gasteiger partial charge in [0.2, 0.25) is 0 Å². The van der Waals surface area contributed by atoms with Gasteiger partial charge in [0.05, 0.1) is 18.1 Å². The van der Waals surface area contributed by atoms with Crippen molar-refractivity contribution in [2.75, 3.05) is 11.9 Å². The molecule has 0 unspecified atom stereocenters. The molecular weight excluding hydrogens is 224 g/mol. The van der Waals surface area contributed by atoms with Crippen molar-refractivity contribution in [3.05, 3.63) is 18.1 Å². The molecule has 4 heteroatoms. The first-order chi connectivity index (χ1) is 8.65. The monoisotopic (exact) mass is 250 g/mol. The zero-order valence-corrected chi connectivity index (χ0v) is 12.0. The average Bonchev–Trinajstić information content (AvgIpc) is 2.39. The van der Waals surface area contributed by atoms with Gasteiger partial charge < -0.3 is 10.6 Å². The molecule has 0 fully saturated rings. The van der Waals surface area contributed by atoms with Crippen molar-refractivity contribution in [1.82, 2.24) is 15.3 Å². The van der Waals surface area contributed by atoms with Crippen LogP contribution in [0.25, 0.3) is 0 Å². The normalized spacial score (nSPS) is 11.2. The van der Waals surface area contributed by atoms with Crippen molar-refractivity contribution in [2.45, 2.75) is 53.1 Å². The third-order valence-electron chi connectivity index (χ3n) is 3.12. The van der Waals surface area contributed by atoms with E-state index in [0.717, 1.165) is 24.6 Å². The Kier molecular flexibility index (Phi) is 6.65. The van der Waals surface area contributed by atoms with Crippen molar-refractivity contribution in [2.24, 2.45) is 5.92 Å². The fourth-order valence-corrected chi connectivity index (χ4v) is 1.67. The van der Waals surface area contributed by atoms with Gasteiger partial charge in [0.25, 0.3) is 0 Å². The molecule has 2 N–H and O–H groups in total. The summed E-state index contributed by atoms with van der Waals surface area (Å²) in [5.74, 6) is 1.59. The van der Waals surface area contributed by atoms with Crippen LogP contribution in [0, 0.1) is 5.92 Å². The fourth-order valence-electron chi connectivity index (χ4n) is 1.67. The number of nitrogens with one attached hydrogen (secondary N) is 2. The molecule has 0 bridgehead atoms.